The summed E-state index contributed by atoms with van der Waals surface area (Å²) < 4.78 is 0. The lowest BCUT2D eigenvalue weighted by Gasteiger charge is -2.01. The van der Waals surface area contributed by atoms with E-state index in [1.807, 2.05) is 0 Å². The summed E-state index contributed by atoms with van der Waals surface area (Å²) in [6, 6.07) is 0. The zero-order valence-corrected chi connectivity index (χ0v) is 8.72. The second-order valence-electron chi connectivity index (χ2n) is 3.46. The van der Waals surface area contributed by atoms with E-state index >= 15 is 0 Å². The molecule has 0 rings (SSSR count). The Morgan fingerprint density at radius 3 is 2.42 bits per heavy atom. The van der Waals surface area contributed by atoms with Crippen LogP contribution in [0.3, 0.4) is 0 Å². The maximum Gasteiger partial charge on any atom is -0.0225 e. The molecular weight excluding hydrogens is 144 g/mol. The van der Waals surface area contributed by atoms with Crippen molar-refractivity contribution in [3.8, 4) is 0 Å². The minimum Gasteiger partial charge on any atom is -0.0956 e. The lowest BCUT2D eigenvalue weighted by atomic mass is 10.0. The predicted molar refractivity (Wildman–Crippen MR) is 57.2 cm³/mol. The molecule has 0 aromatic rings. The minimum absolute atomic E-state index is 0.552. The molecule has 0 heteroatoms. The van der Waals surface area contributed by atoms with Crippen LogP contribution >= 0.6 is 0 Å². The van der Waals surface area contributed by atoms with Gasteiger partial charge in [0, 0.05) is 0 Å². The maximum absolute atomic E-state index is 3.96. The standard InChI is InChI=1S/C12H20/c1-6-11(4)8-7-9-12(5)10(2)3/h7-10H,5-6H2,1-4H3/b9-7-,11-8+. The van der Waals surface area contributed by atoms with E-state index in [9.17, 15) is 0 Å². The predicted octanol–water partition coefficient (Wildman–Crippen LogP) is 4.11. The van der Waals surface area contributed by atoms with Crippen molar-refractivity contribution in [1.82, 2.24) is 0 Å². The topological polar surface area (TPSA) is 0 Å². The molecule has 0 unspecified atom stereocenters. The van der Waals surface area contributed by atoms with Gasteiger partial charge in [-0.05, 0) is 19.3 Å². The lowest BCUT2D eigenvalue weighted by molar-refractivity contribution is 0.795. The van der Waals surface area contributed by atoms with E-state index in [2.05, 4.69) is 52.5 Å². The Bertz CT molecular complexity index is 192. The molecule has 0 aliphatic heterocycles. The van der Waals surface area contributed by atoms with Crippen LogP contribution in [-0.2, 0) is 0 Å². The molecule has 0 N–H and O–H groups in total. The van der Waals surface area contributed by atoms with E-state index in [1.54, 1.807) is 0 Å². The van der Waals surface area contributed by atoms with Gasteiger partial charge in [0.25, 0.3) is 0 Å². The van der Waals surface area contributed by atoms with Gasteiger partial charge in [0.1, 0.15) is 0 Å². The van der Waals surface area contributed by atoms with Gasteiger partial charge in [-0.2, -0.15) is 0 Å². The molecule has 0 radical (unpaired) electrons. The molecule has 0 spiro atoms. The van der Waals surface area contributed by atoms with Crippen LogP contribution < -0.4 is 0 Å². The van der Waals surface area contributed by atoms with Crippen LogP contribution in [0.4, 0.5) is 0 Å². The molecule has 0 saturated carbocycles. The fraction of sp³-hybridized carbons (Fsp3) is 0.500. The summed E-state index contributed by atoms with van der Waals surface area (Å²) in [4.78, 5) is 0. The van der Waals surface area contributed by atoms with Gasteiger partial charge in [0.15, 0.2) is 0 Å². The summed E-state index contributed by atoms with van der Waals surface area (Å²) in [5.74, 6) is 0.552. The number of hydrogen-bond acceptors (Lipinski definition) is 0. The summed E-state index contributed by atoms with van der Waals surface area (Å²) in [6.07, 6.45) is 7.44. The molecule has 0 atom stereocenters. The molecule has 0 fully saturated rings. The molecule has 68 valence electrons. The molecule has 12 heavy (non-hydrogen) atoms. The van der Waals surface area contributed by atoms with Crippen molar-refractivity contribution in [2.75, 3.05) is 0 Å². The Balaban J connectivity index is 4.00. The molecule has 0 bridgehead atoms. The fourth-order valence-corrected chi connectivity index (χ4v) is 0.646. The third-order valence-corrected chi connectivity index (χ3v) is 1.99. The minimum atomic E-state index is 0.552. The first-order chi connectivity index (χ1) is 5.57. The van der Waals surface area contributed by atoms with Gasteiger partial charge in [0.2, 0.25) is 0 Å². The van der Waals surface area contributed by atoms with Gasteiger partial charge in [-0.25, -0.2) is 0 Å². The highest BCUT2D eigenvalue weighted by molar-refractivity contribution is 5.22. The van der Waals surface area contributed by atoms with Crippen LogP contribution in [0.2, 0.25) is 0 Å². The summed E-state index contributed by atoms with van der Waals surface area (Å²) in [5.41, 5.74) is 2.60. The largest absolute Gasteiger partial charge is 0.0956 e. The number of rotatable bonds is 4. The van der Waals surface area contributed by atoms with Gasteiger partial charge in [-0.3, -0.25) is 0 Å². The van der Waals surface area contributed by atoms with Crippen molar-refractivity contribution in [2.24, 2.45) is 5.92 Å². The van der Waals surface area contributed by atoms with Crippen LogP contribution in [0.25, 0.3) is 0 Å². The molecule has 0 nitrogen and oxygen atoms in total. The van der Waals surface area contributed by atoms with E-state index < -0.39 is 0 Å². The molecule has 0 saturated heterocycles. The Morgan fingerprint density at radius 2 is 2.00 bits per heavy atom. The molecule has 0 aliphatic rings. The second-order valence-corrected chi connectivity index (χ2v) is 3.46. The molecule has 0 aliphatic carbocycles. The van der Waals surface area contributed by atoms with Crippen molar-refractivity contribution < 1.29 is 0 Å². The highest BCUT2D eigenvalue weighted by Crippen LogP contribution is 2.08. The van der Waals surface area contributed by atoms with Crippen molar-refractivity contribution in [1.29, 1.82) is 0 Å². The molecule has 0 aromatic heterocycles. The van der Waals surface area contributed by atoms with Crippen LogP contribution in [0.15, 0.2) is 36.0 Å². The fourth-order valence-electron chi connectivity index (χ4n) is 0.646. The highest BCUT2D eigenvalue weighted by atomic mass is 14.0. The lowest BCUT2D eigenvalue weighted by Crippen LogP contribution is -1.86. The normalized spacial score (nSPS) is 12.9. The quantitative estimate of drug-likeness (QED) is 0.548. The number of hydrogen-bond donors (Lipinski definition) is 0. The van der Waals surface area contributed by atoms with E-state index in [1.165, 1.54) is 11.1 Å². The summed E-state index contributed by atoms with van der Waals surface area (Å²) >= 11 is 0. The molecule has 0 heterocycles. The zero-order chi connectivity index (χ0) is 9.56. The van der Waals surface area contributed by atoms with E-state index in [0.717, 1.165) is 6.42 Å². The first kappa shape index (κ1) is 11.2. The summed E-state index contributed by atoms with van der Waals surface area (Å²) in [6.45, 7) is 12.6. The monoisotopic (exact) mass is 164 g/mol. The van der Waals surface area contributed by atoms with Gasteiger partial charge in [0.05, 0.1) is 0 Å². The first-order valence-corrected chi connectivity index (χ1v) is 4.60. The SMILES string of the molecule is C=C(/C=C\C=C(/C)CC)C(C)C. The van der Waals surface area contributed by atoms with Gasteiger partial charge in [-0.15, -0.1) is 0 Å². The third-order valence-electron chi connectivity index (χ3n) is 1.99. The smallest absolute Gasteiger partial charge is 0.0225 e. The number of allylic oxidation sites excluding steroid dienone is 5. The Kier molecular flexibility index (Phi) is 5.44. The van der Waals surface area contributed by atoms with Crippen LogP contribution in [0, 0.1) is 5.92 Å². The Labute approximate surface area is 76.7 Å². The van der Waals surface area contributed by atoms with E-state index in [-0.39, 0.29) is 0 Å². The molecule has 0 aromatic carbocycles. The molecule has 0 amide bonds. The third kappa shape index (κ3) is 4.95. The first-order valence-electron chi connectivity index (χ1n) is 4.60. The van der Waals surface area contributed by atoms with Crippen molar-refractivity contribution in [3.05, 3.63) is 36.0 Å². The Hall–Kier alpha value is -0.780. The maximum atomic E-state index is 3.96. The average molecular weight is 164 g/mol. The summed E-state index contributed by atoms with van der Waals surface area (Å²) in [7, 11) is 0. The highest BCUT2D eigenvalue weighted by Gasteiger charge is 1.92. The zero-order valence-electron chi connectivity index (χ0n) is 8.72. The van der Waals surface area contributed by atoms with Crippen LogP contribution in [0.1, 0.15) is 34.1 Å². The van der Waals surface area contributed by atoms with E-state index in [4.69, 9.17) is 0 Å². The van der Waals surface area contributed by atoms with Crippen molar-refractivity contribution in [3.63, 3.8) is 0 Å². The van der Waals surface area contributed by atoms with Gasteiger partial charge < -0.3 is 0 Å². The van der Waals surface area contributed by atoms with E-state index in [0.29, 0.717) is 5.92 Å². The van der Waals surface area contributed by atoms with Crippen LogP contribution in [0.5, 0.6) is 0 Å². The van der Waals surface area contributed by atoms with Crippen molar-refractivity contribution >= 4 is 0 Å². The van der Waals surface area contributed by atoms with Crippen molar-refractivity contribution in [2.45, 2.75) is 34.1 Å². The van der Waals surface area contributed by atoms with Crippen LogP contribution in [-0.4, -0.2) is 0 Å². The van der Waals surface area contributed by atoms with Gasteiger partial charge >= 0.3 is 0 Å². The molecular formula is C12H20. The average Bonchev–Trinajstić information content (AvgIpc) is 2.03. The second kappa shape index (κ2) is 5.82. The summed E-state index contributed by atoms with van der Waals surface area (Å²) in [5, 5.41) is 0. The van der Waals surface area contributed by atoms with Gasteiger partial charge in [-0.1, -0.05) is 56.7 Å². The Morgan fingerprint density at radius 1 is 1.42 bits per heavy atom.